The van der Waals surface area contributed by atoms with Crippen LogP contribution in [0.4, 0.5) is 9.52 Å². The third-order valence-electron chi connectivity index (χ3n) is 3.56. The molecule has 1 aliphatic heterocycles. The van der Waals surface area contributed by atoms with Crippen LogP contribution in [0, 0.1) is 5.82 Å². The normalized spacial score (nSPS) is 18.5. The van der Waals surface area contributed by atoms with Crippen molar-refractivity contribution in [3.05, 3.63) is 35.2 Å². The Morgan fingerprint density at radius 2 is 2.14 bits per heavy atom. The summed E-state index contributed by atoms with van der Waals surface area (Å²) in [7, 11) is 0. The van der Waals surface area contributed by atoms with Gasteiger partial charge in [-0.1, -0.05) is 11.3 Å². The lowest BCUT2D eigenvalue weighted by Gasteiger charge is -2.23. The van der Waals surface area contributed by atoms with E-state index in [9.17, 15) is 14.0 Å². The van der Waals surface area contributed by atoms with Gasteiger partial charge in [0, 0.05) is 12.5 Å². The van der Waals surface area contributed by atoms with Crippen LogP contribution >= 0.6 is 11.3 Å². The van der Waals surface area contributed by atoms with Gasteiger partial charge in [-0.3, -0.25) is 9.59 Å². The van der Waals surface area contributed by atoms with Gasteiger partial charge in [-0.25, -0.2) is 14.3 Å². The molecule has 7 heteroatoms. The van der Waals surface area contributed by atoms with E-state index in [0.717, 1.165) is 0 Å². The number of nitrogens with zero attached hydrogens (tertiary/aromatic N) is 2. The van der Waals surface area contributed by atoms with Crippen molar-refractivity contribution in [3.8, 4) is 0 Å². The zero-order valence-electron chi connectivity index (χ0n) is 12.2. The van der Waals surface area contributed by atoms with Crippen molar-refractivity contribution in [1.29, 1.82) is 0 Å². The molecule has 1 amide bonds. The molecule has 22 heavy (non-hydrogen) atoms. The first-order valence-electron chi connectivity index (χ1n) is 6.62. The average molecular weight is 320 g/mol. The Labute approximate surface area is 130 Å². The van der Waals surface area contributed by atoms with Crippen LogP contribution in [0.3, 0.4) is 0 Å². The molecule has 2 heterocycles. The van der Waals surface area contributed by atoms with Gasteiger partial charge in [0.1, 0.15) is 5.82 Å². The predicted octanol–water partition coefficient (Wildman–Crippen LogP) is 3.01. The molecule has 1 unspecified atom stereocenters. The first kappa shape index (κ1) is 14.6. The fraction of sp³-hybridized carbons (Fsp3) is 0.267. The fourth-order valence-corrected chi connectivity index (χ4v) is 3.32. The van der Waals surface area contributed by atoms with Crippen molar-refractivity contribution in [2.75, 3.05) is 4.90 Å². The lowest BCUT2D eigenvalue weighted by molar-refractivity contribution is -0.144. The quantitative estimate of drug-likeness (QED) is 0.798. The Bertz CT molecular complexity index is 827. The molecule has 1 aromatic heterocycles. The lowest BCUT2D eigenvalue weighted by Crippen LogP contribution is -2.38. The minimum absolute atomic E-state index is 0.261. The van der Waals surface area contributed by atoms with E-state index in [1.165, 1.54) is 35.3 Å². The van der Waals surface area contributed by atoms with Gasteiger partial charge < -0.3 is 4.74 Å². The van der Waals surface area contributed by atoms with E-state index in [4.69, 9.17) is 4.74 Å². The Hall–Kier alpha value is -2.28. The maximum absolute atomic E-state index is 13.3. The summed E-state index contributed by atoms with van der Waals surface area (Å²) in [6.45, 7) is 4.71. The highest BCUT2D eigenvalue weighted by Crippen LogP contribution is 2.36. The second-order valence-corrected chi connectivity index (χ2v) is 6.06. The van der Waals surface area contributed by atoms with Crippen LogP contribution in [0.25, 0.3) is 10.2 Å². The molecular weight excluding hydrogens is 307 g/mol. The minimum Gasteiger partial charge on any atom is -0.437 e. The third kappa shape index (κ3) is 2.27. The maximum Gasteiger partial charge on any atom is 0.304 e. The molecule has 0 aliphatic carbocycles. The highest BCUT2D eigenvalue weighted by Gasteiger charge is 2.39. The van der Waals surface area contributed by atoms with Crippen molar-refractivity contribution in [2.24, 2.45) is 0 Å². The van der Waals surface area contributed by atoms with E-state index in [2.05, 4.69) is 4.98 Å². The molecule has 1 atom stereocenters. The van der Waals surface area contributed by atoms with Crippen LogP contribution in [0.2, 0.25) is 0 Å². The summed E-state index contributed by atoms with van der Waals surface area (Å²) < 4.78 is 19.2. The molecule has 0 fully saturated rings. The van der Waals surface area contributed by atoms with Crippen LogP contribution in [-0.2, 0) is 14.3 Å². The molecule has 114 valence electrons. The highest BCUT2D eigenvalue weighted by molar-refractivity contribution is 7.22. The fourth-order valence-electron chi connectivity index (χ4n) is 2.31. The first-order chi connectivity index (χ1) is 10.4. The molecular formula is C15H13FN2O3S. The van der Waals surface area contributed by atoms with E-state index >= 15 is 0 Å². The number of anilines is 1. The van der Waals surface area contributed by atoms with Crippen molar-refractivity contribution < 1.29 is 18.7 Å². The topological polar surface area (TPSA) is 59.5 Å². The van der Waals surface area contributed by atoms with Crippen molar-refractivity contribution in [1.82, 2.24) is 4.98 Å². The van der Waals surface area contributed by atoms with E-state index < -0.39 is 12.2 Å². The number of rotatable bonds is 2. The largest absolute Gasteiger partial charge is 0.437 e. The molecule has 0 saturated carbocycles. The predicted molar refractivity (Wildman–Crippen MR) is 81.0 cm³/mol. The SMILES string of the molecule is CC(=O)OC1C(C)=C(C)C(=O)N1c1nc2ccc(F)cc2s1. The molecule has 5 nitrogen and oxygen atoms in total. The monoisotopic (exact) mass is 320 g/mol. The summed E-state index contributed by atoms with van der Waals surface area (Å²) in [5.41, 5.74) is 1.79. The minimum atomic E-state index is -0.796. The highest BCUT2D eigenvalue weighted by atomic mass is 32.1. The summed E-state index contributed by atoms with van der Waals surface area (Å²) in [6, 6.07) is 4.24. The Morgan fingerprint density at radius 1 is 1.41 bits per heavy atom. The van der Waals surface area contributed by atoms with Gasteiger partial charge in [-0.15, -0.1) is 0 Å². The standard InChI is InChI=1S/C15H13FN2O3S/c1-7-8(2)14(21-9(3)19)18(13(7)20)15-17-11-5-4-10(16)6-12(11)22-15/h4-6,14H,1-3H3. The molecule has 0 saturated heterocycles. The van der Waals surface area contributed by atoms with Crippen LogP contribution in [-0.4, -0.2) is 23.1 Å². The lowest BCUT2D eigenvalue weighted by atomic mass is 10.2. The Balaban J connectivity index is 2.07. The number of benzene rings is 1. The van der Waals surface area contributed by atoms with Crippen molar-refractivity contribution in [3.63, 3.8) is 0 Å². The number of halogens is 1. The van der Waals surface area contributed by atoms with Crippen LogP contribution in [0.1, 0.15) is 20.8 Å². The number of carbonyl (C=O) groups is 2. The number of aromatic nitrogens is 1. The molecule has 0 bridgehead atoms. The van der Waals surface area contributed by atoms with Gasteiger partial charge in [0.2, 0.25) is 6.23 Å². The molecule has 0 N–H and O–H groups in total. The number of fused-ring (bicyclic) bond motifs is 1. The van der Waals surface area contributed by atoms with E-state index in [0.29, 0.717) is 26.5 Å². The number of ether oxygens (including phenoxy) is 1. The van der Waals surface area contributed by atoms with Gasteiger partial charge in [-0.2, -0.15) is 0 Å². The molecule has 2 aromatic rings. The molecule has 3 rings (SSSR count). The maximum atomic E-state index is 13.3. The zero-order valence-corrected chi connectivity index (χ0v) is 13.0. The van der Waals surface area contributed by atoms with Gasteiger partial charge in [0.05, 0.1) is 10.2 Å². The van der Waals surface area contributed by atoms with Gasteiger partial charge >= 0.3 is 5.97 Å². The summed E-state index contributed by atoms with van der Waals surface area (Å²) in [6.07, 6.45) is -0.796. The second kappa shape index (κ2) is 5.17. The van der Waals surface area contributed by atoms with Crippen molar-refractivity contribution >= 4 is 38.6 Å². The van der Waals surface area contributed by atoms with Crippen LogP contribution < -0.4 is 4.90 Å². The average Bonchev–Trinajstić information content (AvgIpc) is 2.94. The summed E-state index contributed by atoms with van der Waals surface area (Å²) >= 11 is 1.18. The first-order valence-corrected chi connectivity index (χ1v) is 7.44. The number of carbonyl (C=O) groups excluding carboxylic acids is 2. The smallest absolute Gasteiger partial charge is 0.304 e. The molecule has 1 aliphatic rings. The molecule has 0 radical (unpaired) electrons. The van der Waals surface area contributed by atoms with E-state index in [1.807, 2.05) is 0 Å². The Kier molecular flexibility index (Phi) is 3.44. The van der Waals surface area contributed by atoms with E-state index in [1.54, 1.807) is 19.9 Å². The van der Waals surface area contributed by atoms with E-state index in [-0.39, 0.29) is 11.7 Å². The zero-order chi connectivity index (χ0) is 16.0. The van der Waals surface area contributed by atoms with Crippen LogP contribution in [0.15, 0.2) is 29.3 Å². The number of thiazole rings is 1. The second-order valence-electron chi connectivity index (χ2n) is 5.05. The number of hydrogen-bond donors (Lipinski definition) is 0. The van der Waals surface area contributed by atoms with Gasteiger partial charge in [0.25, 0.3) is 5.91 Å². The third-order valence-corrected chi connectivity index (χ3v) is 4.58. The number of hydrogen-bond acceptors (Lipinski definition) is 5. The van der Waals surface area contributed by atoms with Gasteiger partial charge in [-0.05, 0) is 37.6 Å². The summed E-state index contributed by atoms with van der Waals surface area (Å²) in [5.74, 6) is -1.11. The van der Waals surface area contributed by atoms with Gasteiger partial charge in [0.15, 0.2) is 5.13 Å². The Morgan fingerprint density at radius 3 is 2.82 bits per heavy atom. The number of esters is 1. The number of amides is 1. The summed E-state index contributed by atoms with van der Waals surface area (Å²) in [5, 5.41) is 0.382. The molecule has 1 aromatic carbocycles. The summed E-state index contributed by atoms with van der Waals surface area (Å²) in [4.78, 5) is 29.4. The van der Waals surface area contributed by atoms with Crippen LogP contribution in [0.5, 0.6) is 0 Å². The van der Waals surface area contributed by atoms with Crippen molar-refractivity contribution in [2.45, 2.75) is 27.0 Å². The molecule has 0 spiro atoms.